The van der Waals surface area contributed by atoms with Crippen molar-refractivity contribution in [3.63, 3.8) is 0 Å². The molecule has 2 atom stereocenters. The van der Waals surface area contributed by atoms with Crippen LogP contribution < -0.4 is 10.1 Å². The normalized spacial score (nSPS) is 22.6. The Morgan fingerprint density at radius 2 is 2.05 bits per heavy atom. The highest BCUT2D eigenvalue weighted by Gasteiger charge is 2.26. The third-order valence-electron chi connectivity index (χ3n) is 4.21. The topological polar surface area (TPSA) is 47.0 Å². The summed E-state index contributed by atoms with van der Waals surface area (Å²) in [5.41, 5.74) is 1.03. The first kappa shape index (κ1) is 15.1. The maximum atomic E-state index is 6.22. The van der Waals surface area contributed by atoms with Gasteiger partial charge in [0.1, 0.15) is 18.2 Å². The fraction of sp³-hybridized carbons (Fsp3) is 0.750. The molecule has 0 radical (unpaired) electrons. The number of aromatic nitrogens is 2. The number of hydrogen-bond acceptors (Lipinski definition) is 4. The van der Waals surface area contributed by atoms with Crippen LogP contribution >= 0.6 is 0 Å². The fourth-order valence-electron chi connectivity index (χ4n) is 2.91. The third kappa shape index (κ3) is 3.62. The molecule has 2 unspecified atom stereocenters. The van der Waals surface area contributed by atoms with Crippen molar-refractivity contribution in [2.24, 2.45) is 5.92 Å². The van der Waals surface area contributed by atoms with E-state index in [1.54, 1.807) is 6.33 Å². The van der Waals surface area contributed by atoms with Crippen LogP contribution in [0, 0.1) is 12.8 Å². The highest BCUT2D eigenvalue weighted by atomic mass is 16.5. The van der Waals surface area contributed by atoms with Crippen LogP contribution in [0.4, 0.5) is 5.82 Å². The zero-order valence-corrected chi connectivity index (χ0v) is 13.0. The molecule has 4 heteroatoms. The summed E-state index contributed by atoms with van der Waals surface area (Å²) in [7, 11) is 0. The van der Waals surface area contributed by atoms with Gasteiger partial charge in [-0.15, -0.1) is 0 Å². The smallest absolute Gasteiger partial charge is 0.221 e. The second kappa shape index (κ2) is 7.46. The van der Waals surface area contributed by atoms with Crippen molar-refractivity contribution in [3.8, 4) is 5.88 Å². The molecular formula is C16H27N3O. The first-order valence-corrected chi connectivity index (χ1v) is 7.98. The molecule has 0 spiro atoms. The quantitative estimate of drug-likeness (QED) is 0.855. The molecule has 0 saturated heterocycles. The Bertz CT molecular complexity index is 422. The Morgan fingerprint density at radius 3 is 2.80 bits per heavy atom. The lowest BCUT2D eigenvalue weighted by Crippen LogP contribution is -2.30. The molecule has 1 aromatic heterocycles. The molecule has 1 fully saturated rings. The van der Waals surface area contributed by atoms with Gasteiger partial charge in [-0.05, 0) is 44.9 Å². The molecule has 0 bridgehead atoms. The number of nitrogens with zero attached hydrogens (tertiary/aromatic N) is 2. The molecule has 112 valence electrons. The minimum absolute atomic E-state index is 0.321. The minimum Gasteiger partial charge on any atom is -0.474 e. The maximum Gasteiger partial charge on any atom is 0.221 e. The summed E-state index contributed by atoms with van der Waals surface area (Å²) in [6.07, 6.45) is 9.24. The van der Waals surface area contributed by atoms with Crippen LogP contribution in [0.2, 0.25) is 0 Å². The predicted molar refractivity (Wildman–Crippen MR) is 82.2 cm³/mol. The Balaban J connectivity index is 2.08. The number of hydrogen-bond donors (Lipinski definition) is 1. The molecule has 1 N–H and O–H groups in total. The van der Waals surface area contributed by atoms with E-state index in [0.29, 0.717) is 12.0 Å². The molecule has 1 saturated carbocycles. The summed E-state index contributed by atoms with van der Waals surface area (Å²) < 4.78 is 6.22. The molecule has 0 aromatic carbocycles. The van der Waals surface area contributed by atoms with Gasteiger partial charge in [-0.2, -0.15) is 0 Å². The fourth-order valence-corrected chi connectivity index (χ4v) is 2.91. The van der Waals surface area contributed by atoms with Gasteiger partial charge >= 0.3 is 0 Å². The van der Waals surface area contributed by atoms with E-state index in [4.69, 9.17) is 4.74 Å². The van der Waals surface area contributed by atoms with E-state index in [1.165, 1.54) is 25.7 Å². The lowest BCUT2D eigenvalue weighted by molar-refractivity contribution is 0.0850. The molecule has 0 amide bonds. The Morgan fingerprint density at radius 1 is 1.25 bits per heavy atom. The van der Waals surface area contributed by atoms with E-state index < -0.39 is 0 Å². The zero-order valence-electron chi connectivity index (χ0n) is 13.0. The summed E-state index contributed by atoms with van der Waals surface area (Å²) >= 11 is 0. The standard InChI is InChI=1S/C16H27N3O/c1-4-10-17-15-12(3)16(19-11-18-15)20-14-9-7-6-8-13(14)5-2/h11,13-14H,4-10H2,1-3H3,(H,17,18,19). The Kier molecular flexibility index (Phi) is 5.62. The highest BCUT2D eigenvalue weighted by molar-refractivity contribution is 5.47. The first-order valence-electron chi connectivity index (χ1n) is 7.98. The van der Waals surface area contributed by atoms with Crippen molar-refractivity contribution in [2.75, 3.05) is 11.9 Å². The van der Waals surface area contributed by atoms with Crippen LogP contribution in [-0.4, -0.2) is 22.6 Å². The first-order chi connectivity index (χ1) is 9.76. The maximum absolute atomic E-state index is 6.22. The van der Waals surface area contributed by atoms with Gasteiger partial charge in [0.15, 0.2) is 0 Å². The Labute approximate surface area is 122 Å². The van der Waals surface area contributed by atoms with Crippen LogP contribution in [0.1, 0.15) is 57.9 Å². The largest absolute Gasteiger partial charge is 0.474 e. The number of ether oxygens (including phenoxy) is 1. The minimum atomic E-state index is 0.321. The van der Waals surface area contributed by atoms with E-state index in [0.717, 1.165) is 36.6 Å². The number of rotatable bonds is 6. The van der Waals surface area contributed by atoms with Gasteiger partial charge in [0, 0.05) is 6.54 Å². The molecule has 1 heterocycles. The average Bonchev–Trinajstić information content (AvgIpc) is 2.48. The lowest BCUT2D eigenvalue weighted by Gasteiger charge is -2.31. The van der Waals surface area contributed by atoms with Gasteiger partial charge in [0.05, 0.1) is 5.56 Å². The second-order valence-corrected chi connectivity index (χ2v) is 5.69. The van der Waals surface area contributed by atoms with Crippen LogP contribution in [0.3, 0.4) is 0 Å². The van der Waals surface area contributed by atoms with Crippen LogP contribution in [0.15, 0.2) is 6.33 Å². The van der Waals surface area contributed by atoms with Gasteiger partial charge in [-0.1, -0.05) is 20.3 Å². The van der Waals surface area contributed by atoms with E-state index in [-0.39, 0.29) is 0 Å². The molecule has 1 aromatic rings. The average molecular weight is 277 g/mol. The monoisotopic (exact) mass is 277 g/mol. The molecule has 2 rings (SSSR count). The van der Waals surface area contributed by atoms with E-state index in [2.05, 4.69) is 29.1 Å². The van der Waals surface area contributed by atoms with Gasteiger partial charge in [0.25, 0.3) is 0 Å². The van der Waals surface area contributed by atoms with Gasteiger partial charge in [-0.3, -0.25) is 0 Å². The van der Waals surface area contributed by atoms with Crippen LogP contribution in [0.25, 0.3) is 0 Å². The summed E-state index contributed by atoms with van der Waals surface area (Å²) in [5.74, 6) is 2.33. The second-order valence-electron chi connectivity index (χ2n) is 5.69. The van der Waals surface area contributed by atoms with Crippen molar-refractivity contribution in [2.45, 2.75) is 65.4 Å². The summed E-state index contributed by atoms with van der Waals surface area (Å²) in [4.78, 5) is 8.64. The lowest BCUT2D eigenvalue weighted by atomic mass is 9.85. The number of nitrogens with one attached hydrogen (secondary N) is 1. The third-order valence-corrected chi connectivity index (χ3v) is 4.21. The van der Waals surface area contributed by atoms with Crippen molar-refractivity contribution in [3.05, 3.63) is 11.9 Å². The predicted octanol–water partition coefficient (Wildman–Crippen LogP) is 3.95. The summed E-state index contributed by atoms with van der Waals surface area (Å²) in [5, 5.41) is 3.33. The molecule has 4 nitrogen and oxygen atoms in total. The van der Waals surface area contributed by atoms with Crippen molar-refractivity contribution < 1.29 is 4.74 Å². The van der Waals surface area contributed by atoms with E-state index in [9.17, 15) is 0 Å². The van der Waals surface area contributed by atoms with E-state index >= 15 is 0 Å². The molecule has 20 heavy (non-hydrogen) atoms. The van der Waals surface area contributed by atoms with Crippen LogP contribution in [0.5, 0.6) is 5.88 Å². The van der Waals surface area contributed by atoms with Gasteiger partial charge < -0.3 is 10.1 Å². The summed E-state index contributed by atoms with van der Waals surface area (Å²) in [6, 6.07) is 0. The van der Waals surface area contributed by atoms with Crippen molar-refractivity contribution >= 4 is 5.82 Å². The molecular weight excluding hydrogens is 250 g/mol. The molecule has 1 aliphatic carbocycles. The Hall–Kier alpha value is -1.32. The van der Waals surface area contributed by atoms with Crippen LogP contribution in [-0.2, 0) is 0 Å². The van der Waals surface area contributed by atoms with Gasteiger partial charge in [0.2, 0.25) is 5.88 Å². The zero-order chi connectivity index (χ0) is 14.4. The van der Waals surface area contributed by atoms with Crippen molar-refractivity contribution in [1.29, 1.82) is 0 Å². The molecule has 0 aliphatic heterocycles. The van der Waals surface area contributed by atoms with Gasteiger partial charge in [-0.25, -0.2) is 9.97 Å². The van der Waals surface area contributed by atoms with Crippen molar-refractivity contribution in [1.82, 2.24) is 9.97 Å². The summed E-state index contributed by atoms with van der Waals surface area (Å²) in [6.45, 7) is 7.37. The van der Waals surface area contributed by atoms with E-state index in [1.807, 2.05) is 6.92 Å². The highest BCUT2D eigenvalue weighted by Crippen LogP contribution is 2.31. The number of anilines is 1. The molecule has 1 aliphatic rings. The SMILES string of the molecule is CCCNc1ncnc(OC2CCCCC2CC)c1C.